The van der Waals surface area contributed by atoms with E-state index in [-0.39, 0.29) is 0 Å². The molecule has 0 aromatic carbocycles. The Labute approximate surface area is 156 Å². The third kappa shape index (κ3) is 10.0. The average Bonchev–Trinajstić information content (AvgIpc) is 2.61. The van der Waals surface area contributed by atoms with Crippen molar-refractivity contribution in [2.75, 3.05) is 52.4 Å². The van der Waals surface area contributed by atoms with E-state index in [1.165, 1.54) is 58.4 Å². The Balaban J connectivity index is 2.34. The van der Waals surface area contributed by atoms with Crippen molar-refractivity contribution in [1.29, 1.82) is 0 Å². The largest absolute Gasteiger partial charge is 0.357 e. The zero-order chi connectivity index (χ0) is 18.5. The molecule has 5 heteroatoms. The normalized spacial score (nSPS) is 19.6. The number of hydrogen-bond acceptors (Lipinski definition) is 3. The zero-order valence-corrected chi connectivity index (χ0v) is 17.5. The number of likely N-dealkylation sites (N-methyl/N-ethyl adjacent to an activating group) is 1. The summed E-state index contributed by atoms with van der Waals surface area (Å²) in [6, 6.07) is 0.488. The van der Waals surface area contributed by atoms with Crippen LogP contribution in [-0.4, -0.2) is 74.2 Å². The summed E-state index contributed by atoms with van der Waals surface area (Å²) < 4.78 is 0. The van der Waals surface area contributed by atoms with E-state index in [9.17, 15) is 0 Å². The smallest absolute Gasteiger partial charge is 0.191 e. The Bertz CT molecular complexity index is 350. The van der Waals surface area contributed by atoms with Gasteiger partial charge >= 0.3 is 0 Å². The van der Waals surface area contributed by atoms with E-state index in [1.54, 1.807) is 0 Å². The van der Waals surface area contributed by atoms with Crippen LogP contribution in [0.2, 0.25) is 0 Å². The minimum Gasteiger partial charge on any atom is -0.357 e. The van der Waals surface area contributed by atoms with E-state index in [1.807, 2.05) is 0 Å². The summed E-state index contributed by atoms with van der Waals surface area (Å²) in [5.74, 6) is 1.58. The number of rotatable bonds is 11. The van der Waals surface area contributed by atoms with Gasteiger partial charge in [-0.15, -0.1) is 0 Å². The maximum atomic E-state index is 4.84. The predicted octanol–water partition coefficient (Wildman–Crippen LogP) is 2.78. The number of nitrogens with zero attached hydrogens (tertiary/aromatic N) is 3. The number of aliphatic imine (C=N–C) groups is 1. The molecule has 0 aromatic rings. The van der Waals surface area contributed by atoms with Crippen molar-refractivity contribution in [2.45, 2.75) is 66.3 Å². The molecule has 0 spiro atoms. The highest BCUT2D eigenvalue weighted by atomic mass is 15.3. The fourth-order valence-electron chi connectivity index (χ4n) is 3.36. The number of piperazine rings is 1. The molecule has 2 N–H and O–H groups in total. The van der Waals surface area contributed by atoms with Gasteiger partial charge in [-0.1, -0.05) is 40.0 Å². The van der Waals surface area contributed by atoms with Crippen molar-refractivity contribution < 1.29 is 0 Å². The van der Waals surface area contributed by atoms with Crippen LogP contribution < -0.4 is 10.6 Å². The Morgan fingerprint density at radius 1 is 1.00 bits per heavy atom. The highest BCUT2D eigenvalue weighted by Gasteiger charge is 2.17. The molecule has 0 amide bonds. The molecule has 1 rings (SSSR count). The summed E-state index contributed by atoms with van der Waals surface area (Å²) in [6.45, 7) is 20.2. The van der Waals surface area contributed by atoms with Gasteiger partial charge < -0.3 is 20.4 Å². The fourth-order valence-corrected chi connectivity index (χ4v) is 3.36. The van der Waals surface area contributed by atoms with Crippen molar-refractivity contribution in [3.8, 4) is 0 Å². The zero-order valence-electron chi connectivity index (χ0n) is 17.5. The number of nitrogens with one attached hydrogen (secondary N) is 2. The summed E-state index contributed by atoms with van der Waals surface area (Å²) >= 11 is 0. The number of hydrogen-bond donors (Lipinski definition) is 2. The Morgan fingerprint density at radius 2 is 1.68 bits per heavy atom. The molecule has 1 aliphatic rings. The average molecular weight is 354 g/mol. The summed E-state index contributed by atoms with van der Waals surface area (Å²) in [5.41, 5.74) is 0. The van der Waals surface area contributed by atoms with Crippen LogP contribution in [0.25, 0.3) is 0 Å². The first-order valence-corrected chi connectivity index (χ1v) is 10.6. The third-order valence-corrected chi connectivity index (χ3v) is 5.01. The van der Waals surface area contributed by atoms with Crippen molar-refractivity contribution in [2.24, 2.45) is 10.9 Å². The maximum Gasteiger partial charge on any atom is 0.191 e. The van der Waals surface area contributed by atoms with Crippen LogP contribution in [0.15, 0.2) is 4.99 Å². The Morgan fingerprint density at radius 3 is 2.28 bits per heavy atom. The minimum absolute atomic E-state index is 0.488. The van der Waals surface area contributed by atoms with Crippen LogP contribution in [-0.2, 0) is 0 Å². The topological polar surface area (TPSA) is 42.9 Å². The van der Waals surface area contributed by atoms with Gasteiger partial charge in [-0.25, -0.2) is 0 Å². The van der Waals surface area contributed by atoms with Crippen LogP contribution >= 0.6 is 0 Å². The lowest BCUT2D eigenvalue weighted by molar-refractivity contribution is 0.125. The summed E-state index contributed by atoms with van der Waals surface area (Å²) in [7, 11) is 0. The van der Waals surface area contributed by atoms with E-state index >= 15 is 0 Å². The van der Waals surface area contributed by atoms with Crippen LogP contribution in [0.5, 0.6) is 0 Å². The lowest BCUT2D eigenvalue weighted by atomic mass is 10.1. The van der Waals surface area contributed by atoms with Crippen LogP contribution in [0.3, 0.4) is 0 Å². The molecule has 5 nitrogen and oxygen atoms in total. The van der Waals surface area contributed by atoms with Crippen LogP contribution in [0, 0.1) is 5.92 Å². The van der Waals surface area contributed by atoms with Crippen molar-refractivity contribution in [1.82, 2.24) is 20.4 Å². The monoisotopic (exact) mass is 353 g/mol. The standard InChI is InChI=1S/C20H43N5/c1-6-9-10-11-19(5)23-20(21-7-2)22-16-18(4)17-25-14-12-24(8-3)13-15-25/h18-19H,6-17H2,1-5H3,(H2,21,22,23). The van der Waals surface area contributed by atoms with E-state index < -0.39 is 0 Å². The maximum absolute atomic E-state index is 4.84. The van der Waals surface area contributed by atoms with E-state index in [2.05, 4.69) is 55.1 Å². The fraction of sp³-hybridized carbons (Fsp3) is 0.950. The molecule has 2 unspecified atom stereocenters. The highest BCUT2D eigenvalue weighted by molar-refractivity contribution is 5.80. The molecule has 0 bridgehead atoms. The predicted molar refractivity (Wildman–Crippen MR) is 110 cm³/mol. The molecule has 2 atom stereocenters. The van der Waals surface area contributed by atoms with E-state index in [0.29, 0.717) is 12.0 Å². The lowest BCUT2D eigenvalue weighted by Crippen LogP contribution is -2.47. The van der Waals surface area contributed by atoms with Gasteiger partial charge in [0.25, 0.3) is 0 Å². The first-order chi connectivity index (χ1) is 12.1. The molecule has 1 heterocycles. The molecule has 25 heavy (non-hydrogen) atoms. The van der Waals surface area contributed by atoms with Gasteiger partial charge in [0.2, 0.25) is 0 Å². The third-order valence-electron chi connectivity index (χ3n) is 5.01. The molecular weight excluding hydrogens is 310 g/mol. The molecule has 1 saturated heterocycles. The summed E-state index contributed by atoms with van der Waals surface area (Å²) in [6.07, 6.45) is 5.12. The van der Waals surface area contributed by atoms with Crippen LogP contribution in [0.1, 0.15) is 60.3 Å². The van der Waals surface area contributed by atoms with Gasteiger partial charge in [-0.2, -0.15) is 0 Å². The number of guanidine groups is 1. The molecule has 1 fully saturated rings. The molecule has 1 aliphatic heterocycles. The van der Waals surface area contributed by atoms with Gasteiger partial charge in [0, 0.05) is 51.9 Å². The first kappa shape index (κ1) is 22.2. The van der Waals surface area contributed by atoms with Crippen molar-refractivity contribution in [3.63, 3.8) is 0 Å². The Kier molecular flexibility index (Phi) is 11.9. The molecular formula is C20H43N5. The van der Waals surface area contributed by atoms with Gasteiger partial charge in [0.1, 0.15) is 0 Å². The summed E-state index contributed by atoms with van der Waals surface area (Å²) in [4.78, 5) is 9.97. The molecule has 0 radical (unpaired) electrons. The lowest BCUT2D eigenvalue weighted by Gasteiger charge is -2.35. The summed E-state index contributed by atoms with van der Waals surface area (Å²) in [5, 5.41) is 6.96. The molecule has 0 aromatic heterocycles. The molecule has 0 aliphatic carbocycles. The number of unbranched alkanes of at least 4 members (excludes halogenated alkanes) is 2. The highest BCUT2D eigenvalue weighted by Crippen LogP contribution is 2.06. The van der Waals surface area contributed by atoms with E-state index in [0.717, 1.165) is 25.6 Å². The SMILES string of the molecule is CCCCCC(C)NC(=NCC(C)CN1CCN(CC)CC1)NCC. The molecule has 0 saturated carbocycles. The van der Waals surface area contributed by atoms with Gasteiger partial charge in [-0.3, -0.25) is 4.99 Å². The van der Waals surface area contributed by atoms with E-state index in [4.69, 9.17) is 4.99 Å². The molecule has 148 valence electrons. The second-order valence-corrected chi connectivity index (χ2v) is 7.60. The van der Waals surface area contributed by atoms with Gasteiger partial charge in [-0.05, 0) is 32.7 Å². The second kappa shape index (κ2) is 13.4. The first-order valence-electron chi connectivity index (χ1n) is 10.6. The Hall–Kier alpha value is -0.810. The van der Waals surface area contributed by atoms with Crippen LogP contribution in [0.4, 0.5) is 0 Å². The van der Waals surface area contributed by atoms with Crippen molar-refractivity contribution in [3.05, 3.63) is 0 Å². The van der Waals surface area contributed by atoms with Gasteiger partial charge in [0.05, 0.1) is 0 Å². The quantitative estimate of drug-likeness (QED) is 0.340. The van der Waals surface area contributed by atoms with Gasteiger partial charge in [0.15, 0.2) is 5.96 Å². The minimum atomic E-state index is 0.488. The second-order valence-electron chi connectivity index (χ2n) is 7.60. The van der Waals surface area contributed by atoms with Crippen molar-refractivity contribution >= 4 is 5.96 Å².